The maximum Gasteiger partial charge on any atom is 0.573 e. The number of nitrogens with one attached hydrogen (secondary N) is 2. The van der Waals surface area contributed by atoms with Gasteiger partial charge in [0, 0.05) is 29.6 Å². The van der Waals surface area contributed by atoms with Gasteiger partial charge in [0.25, 0.3) is 11.8 Å². The first-order chi connectivity index (χ1) is 15.3. The Kier molecular flexibility index (Phi) is 5.76. The molecule has 0 atom stereocenters. The molecule has 2 N–H and O–H groups in total. The number of amides is 2. The number of hydrogen-bond donors (Lipinski definition) is 2. The van der Waals surface area contributed by atoms with Gasteiger partial charge < -0.3 is 15.4 Å². The topological polar surface area (TPSA) is 93.2 Å². The molecule has 0 bridgehead atoms. The Balaban J connectivity index is 1.52. The van der Waals surface area contributed by atoms with Crippen LogP contribution >= 0.6 is 0 Å². The molecule has 2 amide bonds. The minimum absolute atomic E-state index is 0.135. The quantitative estimate of drug-likeness (QED) is 0.597. The lowest BCUT2D eigenvalue weighted by Crippen LogP contribution is -2.26. The van der Waals surface area contributed by atoms with Gasteiger partial charge in [-0.2, -0.15) is 0 Å². The second kappa shape index (κ2) is 8.66. The molecule has 0 aliphatic heterocycles. The number of ether oxygens (including phenoxy) is 1. The minimum atomic E-state index is -4.78. The molecule has 0 spiro atoms. The number of carbonyl (C=O) groups excluding carboxylic acids is 2. The lowest BCUT2D eigenvalue weighted by Gasteiger charge is -2.13. The van der Waals surface area contributed by atoms with Crippen molar-refractivity contribution in [1.82, 2.24) is 15.3 Å². The number of anilines is 1. The summed E-state index contributed by atoms with van der Waals surface area (Å²) in [6.07, 6.45) is 1.38. The molecule has 164 valence electrons. The first-order valence-electron chi connectivity index (χ1n) is 9.67. The maximum atomic E-state index is 12.8. The molecule has 0 saturated heterocycles. The van der Waals surface area contributed by atoms with E-state index < -0.39 is 12.3 Å². The summed E-state index contributed by atoms with van der Waals surface area (Å²) in [5, 5.41) is 5.54. The van der Waals surface area contributed by atoms with E-state index in [1.165, 1.54) is 55.0 Å². The second-order valence-corrected chi connectivity index (χ2v) is 7.13. The molecule has 1 fully saturated rings. The third-order valence-corrected chi connectivity index (χ3v) is 4.64. The van der Waals surface area contributed by atoms with Crippen LogP contribution in [-0.2, 0) is 0 Å². The number of halogens is 3. The van der Waals surface area contributed by atoms with E-state index in [1.807, 2.05) is 0 Å². The molecule has 2 heterocycles. The van der Waals surface area contributed by atoms with E-state index >= 15 is 0 Å². The van der Waals surface area contributed by atoms with Crippen molar-refractivity contribution in [1.29, 1.82) is 0 Å². The van der Waals surface area contributed by atoms with Crippen molar-refractivity contribution in [3.63, 3.8) is 0 Å². The molecule has 7 nitrogen and oxygen atoms in total. The van der Waals surface area contributed by atoms with Crippen molar-refractivity contribution >= 4 is 17.5 Å². The predicted molar refractivity (Wildman–Crippen MR) is 109 cm³/mol. The molecular formula is C22H17F3N4O3. The zero-order valence-corrected chi connectivity index (χ0v) is 16.5. The van der Waals surface area contributed by atoms with Gasteiger partial charge >= 0.3 is 6.36 Å². The molecule has 0 unspecified atom stereocenters. The van der Waals surface area contributed by atoms with Gasteiger partial charge in [-0.1, -0.05) is 12.1 Å². The van der Waals surface area contributed by atoms with E-state index in [0.717, 1.165) is 12.8 Å². The van der Waals surface area contributed by atoms with Crippen LogP contribution in [0.25, 0.3) is 11.1 Å². The van der Waals surface area contributed by atoms with Crippen molar-refractivity contribution in [3.05, 3.63) is 72.3 Å². The maximum absolute atomic E-state index is 12.8. The van der Waals surface area contributed by atoms with Crippen molar-refractivity contribution in [2.45, 2.75) is 25.2 Å². The fourth-order valence-corrected chi connectivity index (χ4v) is 2.96. The van der Waals surface area contributed by atoms with Crippen LogP contribution in [-0.4, -0.2) is 34.2 Å². The van der Waals surface area contributed by atoms with Crippen molar-refractivity contribution in [2.24, 2.45) is 0 Å². The van der Waals surface area contributed by atoms with Crippen LogP contribution in [0.5, 0.6) is 5.75 Å². The van der Waals surface area contributed by atoms with Crippen molar-refractivity contribution < 1.29 is 27.5 Å². The summed E-state index contributed by atoms with van der Waals surface area (Å²) in [7, 11) is 0. The van der Waals surface area contributed by atoms with Crippen LogP contribution in [0, 0.1) is 0 Å². The van der Waals surface area contributed by atoms with Gasteiger partial charge in [-0.05, 0) is 48.7 Å². The molecule has 1 saturated carbocycles. The molecule has 3 aromatic rings. The standard InChI is InChI=1S/C22H17F3N4O3/c23-22(24,25)32-16-5-1-13(2-6-16)17-8-9-26-12-19(17)29-20(30)14-7-10-27-18(11-14)21(31)28-15-3-4-15/h1-2,5-12,15H,3-4H2,(H,28,31)(H,29,30). The van der Waals surface area contributed by atoms with E-state index in [-0.39, 0.29) is 29.0 Å². The van der Waals surface area contributed by atoms with Gasteiger partial charge in [-0.15, -0.1) is 13.2 Å². The number of rotatable bonds is 6. The van der Waals surface area contributed by atoms with Gasteiger partial charge in [0.2, 0.25) is 0 Å². The Morgan fingerprint density at radius 2 is 1.75 bits per heavy atom. The summed E-state index contributed by atoms with van der Waals surface area (Å²) in [6.45, 7) is 0. The van der Waals surface area contributed by atoms with Crippen LogP contribution in [0.2, 0.25) is 0 Å². The fourth-order valence-electron chi connectivity index (χ4n) is 2.96. The van der Waals surface area contributed by atoms with Gasteiger partial charge in [0.05, 0.1) is 11.9 Å². The average Bonchev–Trinajstić information content (AvgIpc) is 3.58. The Morgan fingerprint density at radius 1 is 1.00 bits per heavy atom. The number of pyridine rings is 2. The van der Waals surface area contributed by atoms with Crippen molar-refractivity contribution in [2.75, 3.05) is 5.32 Å². The van der Waals surface area contributed by atoms with Gasteiger partial charge in [-0.25, -0.2) is 0 Å². The number of carbonyl (C=O) groups is 2. The largest absolute Gasteiger partial charge is 0.573 e. The predicted octanol–water partition coefficient (Wildman–Crippen LogP) is 4.19. The monoisotopic (exact) mass is 442 g/mol. The molecule has 2 aromatic heterocycles. The van der Waals surface area contributed by atoms with Gasteiger partial charge in [0.1, 0.15) is 11.4 Å². The number of nitrogens with zero attached hydrogens (tertiary/aromatic N) is 2. The lowest BCUT2D eigenvalue weighted by atomic mass is 10.0. The summed E-state index contributed by atoms with van der Waals surface area (Å²) < 4.78 is 41.0. The van der Waals surface area contributed by atoms with Crippen molar-refractivity contribution in [3.8, 4) is 16.9 Å². The normalized spacial score (nSPS) is 13.3. The molecule has 1 aliphatic carbocycles. The van der Waals surface area contributed by atoms with Crippen LogP contribution in [0.4, 0.5) is 18.9 Å². The van der Waals surface area contributed by atoms with E-state index in [9.17, 15) is 22.8 Å². The molecule has 1 aliphatic rings. The highest BCUT2D eigenvalue weighted by molar-refractivity contribution is 6.07. The number of benzene rings is 1. The van der Waals surface area contributed by atoms with Gasteiger partial charge in [-0.3, -0.25) is 19.6 Å². The fraction of sp³-hybridized carbons (Fsp3) is 0.182. The first kappa shape index (κ1) is 21.3. The van der Waals surface area contributed by atoms with Crippen LogP contribution < -0.4 is 15.4 Å². The highest BCUT2D eigenvalue weighted by Gasteiger charge is 2.31. The van der Waals surface area contributed by atoms with Crippen LogP contribution in [0.15, 0.2) is 61.1 Å². The second-order valence-electron chi connectivity index (χ2n) is 7.13. The summed E-state index contributed by atoms with van der Waals surface area (Å²) >= 11 is 0. The SMILES string of the molecule is O=C(Nc1cnccc1-c1ccc(OC(F)(F)F)cc1)c1ccnc(C(=O)NC2CC2)c1. The zero-order chi connectivity index (χ0) is 22.7. The summed E-state index contributed by atoms with van der Waals surface area (Å²) in [5.41, 5.74) is 1.81. The number of hydrogen-bond acceptors (Lipinski definition) is 5. The Morgan fingerprint density at radius 3 is 2.44 bits per heavy atom. The first-order valence-corrected chi connectivity index (χ1v) is 9.67. The van der Waals surface area contributed by atoms with E-state index in [1.54, 1.807) is 6.07 Å². The molecular weight excluding hydrogens is 425 g/mol. The van der Waals surface area contributed by atoms with Crippen LogP contribution in [0.1, 0.15) is 33.7 Å². The van der Waals surface area contributed by atoms with Gasteiger partial charge in [0.15, 0.2) is 0 Å². The molecule has 1 aromatic carbocycles. The summed E-state index contributed by atoms with van der Waals surface area (Å²) in [4.78, 5) is 33.0. The molecule has 10 heteroatoms. The minimum Gasteiger partial charge on any atom is -0.406 e. The van der Waals surface area contributed by atoms with E-state index in [2.05, 4.69) is 25.3 Å². The van der Waals surface area contributed by atoms with E-state index in [0.29, 0.717) is 16.8 Å². The Bertz CT molecular complexity index is 1150. The summed E-state index contributed by atoms with van der Waals surface area (Å²) in [6, 6.07) is 9.90. The smallest absolute Gasteiger partial charge is 0.406 e. The zero-order valence-electron chi connectivity index (χ0n) is 16.5. The van der Waals surface area contributed by atoms with E-state index in [4.69, 9.17) is 0 Å². The molecule has 0 radical (unpaired) electrons. The number of aromatic nitrogens is 2. The lowest BCUT2D eigenvalue weighted by molar-refractivity contribution is -0.274. The highest BCUT2D eigenvalue weighted by atomic mass is 19.4. The average molecular weight is 442 g/mol. The highest BCUT2D eigenvalue weighted by Crippen LogP contribution is 2.30. The Hall–Kier alpha value is -3.95. The third kappa shape index (κ3) is 5.39. The molecule has 4 rings (SSSR count). The molecule has 32 heavy (non-hydrogen) atoms. The number of alkyl halides is 3. The Labute approximate surface area is 180 Å². The van der Waals surface area contributed by atoms with Crippen LogP contribution in [0.3, 0.4) is 0 Å². The third-order valence-electron chi connectivity index (χ3n) is 4.64. The summed E-state index contributed by atoms with van der Waals surface area (Å²) in [5.74, 6) is -1.18.